The number of anilines is 1. The highest BCUT2D eigenvalue weighted by Crippen LogP contribution is 2.43. The lowest BCUT2D eigenvalue weighted by Crippen LogP contribution is -2.07. The van der Waals surface area contributed by atoms with Crippen molar-refractivity contribution in [1.82, 2.24) is 0 Å². The van der Waals surface area contributed by atoms with Gasteiger partial charge in [-0.3, -0.25) is 9.05 Å². The molecule has 0 spiro atoms. The largest absolute Gasteiger partial charge is 0.472 e. The molecule has 0 aliphatic carbocycles. The van der Waals surface area contributed by atoms with E-state index < -0.39 is 7.82 Å². The van der Waals surface area contributed by atoms with Gasteiger partial charge < -0.3 is 9.79 Å². The van der Waals surface area contributed by atoms with Gasteiger partial charge in [-0.25, -0.2) is 4.57 Å². The number of nitrogens with zero attached hydrogens (tertiary/aromatic N) is 1. The Bertz CT molecular complexity index is 503. The summed E-state index contributed by atoms with van der Waals surface area (Å²) in [5.41, 5.74) is 1.25. The van der Waals surface area contributed by atoms with Crippen molar-refractivity contribution in [3.63, 3.8) is 0 Å². The van der Waals surface area contributed by atoms with Crippen molar-refractivity contribution in [3.8, 4) is 0 Å². The zero-order chi connectivity index (χ0) is 22.5. The highest BCUT2D eigenvalue weighted by molar-refractivity contribution is 7.47. The molecule has 0 unspecified atom stereocenters. The van der Waals surface area contributed by atoms with Crippen molar-refractivity contribution < 1.29 is 18.5 Å². The van der Waals surface area contributed by atoms with Gasteiger partial charge in [0.25, 0.3) is 0 Å². The van der Waals surface area contributed by atoms with Crippen LogP contribution in [-0.2, 0) is 13.6 Å². The molecule has 0 saturated carbocycles. The molecule has 0 aliphatic rings. The van der Waals surface area contributed by atoms with Crippen molar-refractivity contribution in [2.45, 2.75) is 90.9 Å². The Morgan fingerprint density at radius 3 is 1.50 bits per heavy atom. The summed E-state index contributed by atoms with van der Waals surface area (Å²) >= 11 is 0. The lowest BCUT2D eigenvalue weighted by molar-refractivity contribution is 0.145. The second-order valence-electron chi connectivity index (χ2n) is 7.90. The standard InChI is InChI=1S/C16H35O4P.C8H11N/c1-3-5-7-9-11-13-15-19-21(17,18)20-16-14-12-10-8-6-4-2;1-9(2)8-6-4-3-5-7-8/h3-16H2,1-2H3,(H,17,18);3-7H,1-2H3. The van der Waals surface area contributed by atoms with Crippen LogP contribution in [0, 0.1) is 0 Å². The van der Waals surface area contributed by atoms with E-state index in [0.717, 1.165) is 25.7 Å². The van der Waals surface area contributed by atoms with Crippen LogP contribution in [0.15, 0.2) is 30.3 Å². The van der Waals surface area contributed by atoms with Crippen molar-refractivity contribution in [1.29, 1.82) is 0 Å². The topological polar surface area (TPSA) is 59.0 Å². The molecule has 1 rings (SSSR count). The second kappa shape index (κ2) is 20.1. The summed E-state index contributed by atoms with van der Waals surface area (Å²) in [7, 11) is 0.259. The smallest absolute Gasteiger partial charge is 0.378 e. The average molecular weight is 444 g/mol. The molecule has 0 saturated heterocycles. The summed E-state index contributed by atoms with van der Waals surface area (Å²) in [5, 5.41) is 0. The molecule has 0 heterocycles. The van der Waals surface area contributed by atoms with Gasteiger partial charge in [-0.15, -0.1) is 0 Å². The van der Waals surface area contributed by atoms with E-state index in [1.165, 1.54) is 57.1 Å². The minimum atomic E-state index is -3.82. The Labute approximate surface area is 185 Å². The fraction of sp³-hybridized carbons (Fsp3) is 0.750. The van der Waals surface area contributed by atoms with E-state index in [0.29, 0.717) is 13.2 Å². The predicted molar refractivity (Wildman–Crippen MR) is 129 cm³/mol. The molecule has 6 heteroatoms. The quantitative estimate of drug-likeness (QED) is 0.198. The first-order valence-electron chi connectivity index (χ1n) is 11.8. The van der Waals surface area contributed by atoms with Crippen LogP contribution in [0.25, 0.3) is 0 Å². The first kappa shape index (κ1) is 29.1. The number of phosphoric ester groups is 1. The maximum atomic E-state index is 11.6. The molecule has 0 aromatic heterocycles. The monoisotopic (exact) mass is 443 g/mol. The molecule has 0 bridgehead atoms. The Balaban J connectivity index is 0.000000769. The van der Waals surface area contributed by atoms with Crippen molar-refractivity contribution >= 4 is 13.5 Å². The van der Waals surface area contributed by atoms with E-state index in [1.54, 1.807) is 0 Å². The summed E-state index contributed by atoms with van der Waals surface area (Å²) in [6.07, 6.45) is 13.6. The normalized spacial score (nSPS) is 11.1. The van der Waals surface area contributed by atoms with Crippen LogP contribution in [0.4, 0.5) is 5.69 Å². The number of hydrogen-bond acceptors (Lipinski definition) is 4. The maximum Gasteiger partial charge on any atom is 0.472 e. The van der Waals surface area contributed by atoms with Gasteiger partial charge in [0.05, 0.1) is 13.2 Å². The number of hydrogen-bond donors (Lipinski definition) is 1. The molecule has 0 aliphatic heterocycles. The van der Waals surface area contributed by atoms with Gasteiger partial charge in [0.1, 0.15) is 0 Å². The van der Waals surface area contributed by atoms with Gasteiger partial charge in [-0.05, 0) is 25.0 Å². The Morgan fingerprint density at radius 2 is 1.13 bits per heavy atom. The van der Waals surface area contributed by atoms with Crippen LogP contribution >= 0.6 is 7.82 Å². The summed E-state index contributed by atoms with van der Waals surface area (Å²) in [6.45, 7) is 5.01. The summed E-state index contributed by atoms with van der Waals surface area (Å²) in [6, 6.07) is 10.3. The zero-order valence-electron chi connectivity index (χ0n) is 19.9. The Kier molecular flexibility index (Phi) is 19.5. The fourth-order valence-corrected chi connectivity index (χ4v) is 3.68. The molecular formula is C24H46NO4P. The molecule has 1 aromatic rings. The Morgan fingerprint density at radius 1 is 0.733 bits per heavy atom. The van der Waals surface area contributed by atoms with Gasteiger partial charge in [0.2, 0.25) is 0 Å². The van der Waals surface area contributed by atoms with E-state index in [1.807, 2.05) is 32.3 Å². The highest BCUT2D eigenvalue weighted by atomic mass is 31.2. The lowest BCUT2D eigenvalue weighted by Gasteiger charge is -2.12. The molecule has 1 N–H and O–H groups in total. The van der Waals surface area contributed by atoms with Gasteiger partial charge in [0.15, 0.2) is 0 Å². The number of para-hydroxylation sites is 1. The van der Waals surface area contributed by atoms with E-state index in [4.69, 9.17) is 9.05 Å². The van der Waals surface area contributed by atoms with E-state index >= 15 is 0 Å². The third kappa shape index (κ3) is 19.1. The number of benzene rings is 1. The van der Waals surface area contributed by atoms with E-state index in [2.05, 4.69) is 30.9 Å². The maximum absolute atomic E-state index is 11.6. The van der Waals surface area contributed by atoms with Gasteiger partial charge in [-0.2, -0.15) is 0 Å². The minimum Gasteiger partial charge on any atom is -0.378 e. The molecule has 0 radical (unpaired) electrons. The van der Waals surface area contributed by atoms with Crippen LogP contribution in [-0.4, -0.2) is 32.2 Å². The van der Waals surface area contributed by atoms with Crippen molar-refractivity contribution in [2.75, 3.05) is 32.2 Å². The summed E-state index contributed by atoms with van der Waals surface area (Å²) in [5.74, 6) is 0. The first-order chi connectivity index (χ1) is 14.4. The van der Waals surface area contributed by atoms with Crippen molar-refractivity contribution in [3.05, 3.63) is 30.3 Å². The zero-order valence-corrected chi connectivity index (χ0v) is 20.7. The average Bonchev–Trinajstić information content (AvgIpc) is 2.73. The van der Waals surface area contributed by atoms with Crippen molar-refractivity contribution in [2.24, 2.45) is 0 Å². The first-order valence-corrected chi connectivity index (χ1v) is 13.3. The molecule has 5 nitrogen and oxygen atoms in total. The molecule has 0 amide bonds. The van der Waals surface area contributed by atoms with Gasteiger partial charge in [0, 0.05) is 19.8 Å². The highest BCUT2D eigenvalue weighted by Gasteiger charge is 2.19. The predicted octanol–water partition coefficient (Wildman–Crippen LogP) is 7.59. The lowest BCUT2D eigenvalue weighted by atomic mass is 10.1. The molecule has 1 aromatic carbocycles. The molecular weight excluding hydrogens is 397 g/mol. The molecule has 30 heavy (non-hydrogen) atoms. The van der Waals surface area contributed by atoms with Gasteiger partial charge >= 0.3 is 7.82 Å². The number of rotatable bonds is 17. The van der Waals surface area contributed by atoms with Crippen LogP contribution in [0.2, 0.25) is 0 Å². The third-order valence-corrected chi connectivity index (χ3v) is 5.79. The number of unbranched alkanes of at least 4 members (excludes halogenated alkanes) is 10. The summed E-state index contributed by atoms with van der Waals surface area (Å²) in [4.78, 5) is 11.6. The van der Waals surface area contributed by atoms with E-state index in [9.17, 15) is 9.46 Å². The van der Waals surface area contributed by atoms with E-state index in [-0.39, 0.29) is 0 Å². The molecule has 0 atom stereocenters. The molecule has 0 fully saturated rings. The second-order valence-corrected chi connectivity index (χ2v) is 9.35. The molecule has 176 valence electrons. The number of phosphoric acid groups is 1. The Hall–Kier alpha value is -0.870. The van der Waals surface area contributed by atoms with Crippen LogP contribution in [0.5, 0.6) is 0 Å². The minimum absolute atomic E-state index is 0.316. The van der Waals surface area contributed by atoms with Crippen LogP contribution in [0.1, 0.15) is 90.9 Å². The fourth-order valence-electron chi connectivity index (χ4n) is 2.89. The van der Waals surface area contributed by atoms with Crippen LogP contribution < -0.4 is 4.90 Å². The van der Waals surface area contributed by atoms with Gasteiger partial charge in [-0.1, -0.05) is 96.3 Å². The SMILES string of the molecule is CCCCCCCCOP(=O)(O)OCCCCCCCC.CN(C)c1ccccc1. The summed E-state index contributed by atoms with van der Waals surface area (Å²) < 4.78 is 21.5. The van der Waals surface area contributed by atoms with Crippen LogP contribution in [0.3, 0.4) is 0 Å². The third-order valence-electron chi connectivity index (χ3n) is 4.78.